The van der Waals surface area contributed by atoms with E-state index in [9.17, 15) is 0 Å². The Hall–Kier alpha value is -3.61. The van der Waals surface area contributed by atoms with Crippen molar-refractivity contribution in [1.29, 1.82) is 0 Å². The normalized spacial score (nSPS) is 11.4. The van der Waals surface area contributed by atoms with Crippen molar-refractivity contribution in [2.45, 2.75) is 0 Å². The van der Waals surface area contributed by atoms with Crippen molar-refractivity contribution in [3.8, 4) is 22.3 Å². The van der Waals surface area contributed by atoms with Crippen molar-refractivity contribution in [2.75, 3.05) is 0 Å². The quantitative estimate of drug-likeness (QED) is 0.248. The zero-order valence-corrected chi connectivity index (χ0v) is 17.6. The van der Waals surface area contributed by atoms with E-state index in [2.05, 4.69) is 103 Å². The monoisotopic (exact) mass is 414 g/mol. The Morgan fingerprint density at radius 3 is 1.94 bits per heavy atom. The van der Waals surface area contributed by atoms with Crippen LogP contribution in [-0.4, -0.2) is 0 Å². The molecule has 1 heteroatoms. The molecule has 0 unspecified atom stereocenters. The molecule has 0 amide bonds. The third kappa shape index (κ3) is 3.00. The van der Waals surface area contributed by atoms with Gasteiger partial charge in [-0.1, -0.05) is 109 Å². The highest BCUT2D eigenvalue weighted by molar-refractivity contribution is 6.34. The summed E-state index contributed by atoms with van der Waals surface area (Å²) in [4.78, 5) is 0. The lowest BCUT2D eigenvalue weighted by molar-refractivity contribution is 1.62. The van der Waals surface area contributed by atoms with Crippen LogP contribution in [0.2, 0.25) is 5.02 Å². The van der Waals surface area contributed by atoms with Crippen molar-refractivity contribution >= 4 is 43.9 Å². The highest BCUT2D eigenvalue weighted by atomic mass is 35.5. The summed E-state index contributed by atoms with van der Waals surface area (Å²) in [6, 6.07) is 40.8. The highest BCUT2D eigenvalue weighted by Crippen LogP contribution is 2.42. The molecular formula is C30H19Cl. The van der Waals surface area contributed by atoms with Gasteiger partial charge in [-0.2, -0.15) is 0 Å². The van der Waals surface area contributed by atoms with E-state index in [1.807, 2.05) is 12.1 Å². The molecule has 0 aliphatic heterocycles. The van der Waals surface area contributed by atoms with Crippen LogP contribution in [0.15, 0.2) is 115 Å². The second-order valence-electron chi connectivity index (χ2n) is 7.92. The molecule has 31 heavy (non-hydrogen) atoms. The molecule has 0 fully saturated rings. The van der Waals surface area contributed by atoms with Gasteiger partial charge in [0.05, 0.1) is 0 Å². The molecular weight excluding hydrogens is 396 g/mol. The average Bonchev–Trinajstić information content (AvgIpc) is 2.83. The van der Waals surface area contributed by atoms with Gasteiger partial charge in [0.15, 0.2) is 0 Å². The molecule has 0 saturated carbocycles. The van der Waals surface area contributed by atoms with E-state index < -0.39 is 0 Å². The van der Waals surface area contributed by atoms with E-state index in [1.54, 1.807) is 0 Å². The Bertz CT molecular complexity index is 1590. The molecule has 0 radical (unpaired) electrons. The topological polar surface area (TPSA) is 0 Å². The number of hydrogen-bond donors (Lipinski definition) is 0. The van der Waals surface area contributed by atoms with Gasteiger partial charge in [0.1, 0.15) is 0 Å². The fourth-order valence-corrected chi connectivity index (χ4v) is 4.95. The lowest BCUT2D eigenvalue weighted by atomic mass is 9.88. The average molecular weight is 415 g/mol. The lowest BCUT2D eigenvalue weighted by Gasteiger charge is -2.16. The number of hydrogen-bond acceptors (Lipinski definition) is 0. The molecule has 0 nitrogen and oxygen atoms in total. The maximum atomic E-state index is 6.83. The van der Waals surface area contributed by atoms with Crippen molar-refractivity contribution in [3.05, 3.63) is 120 Å². The minimum absolute atomic E-state index is 0.769. The second kappa shape index (κ2) is 7.27. The van der Waals surface area contributed by atoms with E-state index in [0.717, 1.165) is 21.7 Å². The Balaban J connectivity index is 1.70. The van der Waals surface area contributed by atoms with Gasteiger partial charge in [-0.3, -0.25) is 0 Å². The molecule has 146 valence electrons. The van der Waals surface area contributed by atoms with Gasteiger partial charge in [0, 0.05) is 10.6 Å². The lowest BCUT2D eigenvalue weighted by Crippen LogP contribution is -1.90. The first-order valence-electron chi connectivity index (χ1n) is 10.5. The minimum Gasteiger partial charge on any atom is -0.0836 e. The molecule has 6 aromatic rings. The first-order chi connectivity index (χ1) is 15.3. The summed E-state index contributed by atoms with van der Waals surface area (Å²) in [5, 5.41) is 8.23. The number of halogens is 1. The Morgan fingerprint density at radius 2 is 1.10 bits per heavy atom. The number of rotatable bonds is 2. The van der Waals surface area contributed by atoms with Gasteiger partial charge < -0.3 is 0 Å². The van der Waals surface area contributed by atoms with Crippen LogP contribution in [0.5, 0.6) is 0 Å². The molecule has 0 heterocycles. The molecule has 0 bridgehead atoms. The third-order valence-corrected chi connectivity index (χ3v) is 6.42. The Morgan fingerprint density at radius 1 is 0.419 bits per heavy atom. The summed E-state index contributed by atoms with van der Waals surface area (Å²) < 4.78 is 0. The van der Waals surface area contributed by atoms with Crippen molar-refractivity contribution in [2.24, 2.45) is 0 Å². The van der Waals surface area contributed by atoms with Gasteiger partial charge in [-0.05, 0) is 67.2 Å². The fourth-order valence-electron chi connectivity index (χ4n) is 4.66. The maximum absolute atomic E-state index is 6.83. The zero-order valence-electron chi connectivity index (χ0n) is 16.8. The smallest absolute Gasteiger partial charge is 0.0490 e. The van der Waals surface area contributed by atoms with Gasteiger partial charge in [-0.25, -0.2) is 0 Å². The first-order valence-corrected chi connectivity index (χ1v) is 10.9. The summed E-state index contributed by atoms with van der Waals surface area (Å²) in [6.45, 7) is 0. The molecule has 6 rings (SSSR count). The predicted molar refractivity (Wildman–Crippen MR) is 135 cm³/mol. The summed E-state index contributed by atoms with van der Waals surface area (Å²) in [7, 11) is 0. The third-order valence-electron chi connectivity index (χ3n) is 6.11. The molecule has 0 aromatic heterocycles. The van der Waals surface area contributed by atoms with E-state index >= 15 is 0 Å². The minimum atomic E-state index is 0.769. The standard InChI is InChI=1S/C30H19Cl/c31-29-15-7-14-27(30(29)23-17-16-20-8-1-2-9-21(20)18-23)28-19-22-10-3-4-11-24(22)25-12-5-6-13-26(25)28/h1-19H. The highest BCUT2D eigenvalue weighted by Gasteiger charge is 2.15. The molecule has 0 aliphatic rings. The Labute approximate surface area is 186 Å². The van der Waals surface area contributed by atoms with Crippen LogP contribution in [0.1, 0.15) is 0 Å². The van der Waals surface area contributed by atoms with Crippen LogP contribution in [0.4, 0.5) is 0 Å². The predicted octanol–water partition coefficient (Wildman–Crippen LogP) is 9.13. The van der Waals surface area contributed by atoms with Gasteiger partial charge >= 0.3 is 0 Å². The summed E-state index contributed by atoms with van der Waals surface area (Å²) in [5.74, 6) is 0. The van der Waals surface area contributed by atoms with Crippen molar-refractivity contribution < 1.29 is 0 Å². The first kappa shape index (κ1) is 18.2. The second-order valence-corrected chi connectivity index (χ2v) is 8.32. The molecule has 0 atom stereocenters. The fraction of sp³-hybridized carbons (Fsp3) is 0. The molecule has 0 spiro atoms. The molecule has 0 saturated heterocycles. The van der Waals surface area contributed by atoms with Crippen LogP contribution < -0.4 is 0 Å². The zero-order chi connectivity index (χ0) is 20.8. The van der Waals surface area contributed by atoms with E-state index in [4.69, 9.17) is 11.6 Å². The van der Waals surface area contributed by atoms with Crippen molar-refractivity contribution in [3.63, 3.8) is 0 Å². The van der Waals surface area contributed by atoms with Gasteiger partial charge in [-0.15, -0.1) is 0 Å². The van der Waals surface area contributed by atoms with Crippen LogP contribution in [0.3, 0.4) is 0 Å². The number of benzene rings is 6. The van der Waals surface area contributed by atoms with E-state index in [0.29, 0.717) is 0 Å². The summed E-state index contributed by atoms with van der Waals surface area (Å²) in [5.41, 5.74) is 4.58. The SMILES string of the molecule is Clc1cccc(-c2cc3ccccc3c3ccccc23)c1-c1ccc2ccccc2c1. The van der Waals surface area contributed by atoms with Crippen LogP contribution in [0, 0.1) is 0 Å². The molecule has 0 aliphatic carbocycles. The summed E-state index contributed by atoms with van der Waals surface area (Å²) in [6.07, 6.45) is 0. The van der Waals surface area contributed by atoms with Crippen LogP contribution in [-0.2, 0) is 0 Å². The van der Waals surface area contributed by atoms with Crippen molar-refractivity contribution in [1.82, 2.24) is 0 Å². The molecule has 0 N–H and O–H groups in total. The van der Waals surface area contributed by atoms with Gasteiger partial charge in [0.25, 0.3) is 0 Å². The van der Waals surface area contributed by atoms with Crippen LogP contribution in [0.25, 0.3) is 54.6 Å². The van der Waals surface area contributed by atoms with Gasteiger partial charge in [0.2, 0.25) is 0 Å². The largest absolute Gasteiger partial charge is 0.0836 e. The summed E-state index contributed by atoms with van der Waals surface area (Å²) >= 11 is 6.83. The van der Waals surface area contributed by atoms with E-state index in [1.165, 1.54) is 37.9 Å². The van der Waals surface area contributed by atoms with Crippen LogP contribution >= 0.6 is 11.6 Å². The van der Waals surface area contributed by atoms with E-state index in [-0.39, 0.29) is 0 Å². The number of fused-ring (bicyclic) bond motifs is 4. The maximum Gasteiger partial charge on any atom is 0.0490 e. The Kier molecular flexibility index (Phi) is 4.26. The molecule has 6 aromatic carbocycles.